The van der Waals surface area contributed by atoms with Crippen LogP contribution in [-0.2, 0) is 0 Å². The first-order valence-corrected chi connectivity index (χ1v) is 5.68. The van der Waals surface area contributed by atoms with Crippen molar-refractivity contribution in [1.29, 1.82) is 0 Å². The monoisotopic (exact) mass is 193 g/mol. The Labute approximate surface area is 88.5 Å². The van der Waals surface area contributed by atoms with Gasteiger partial charge in [0.05, 0.1) is 0 Å². The van der Waals surface area contributed by atoms with E-state index in [1.54, 1.807) is 5.57 Å². The van der Waals surface area contributed by atoms with E-state index in [0.717, 1.165) is 0 Å². The molecule has 2 atom stereocenters. The van der Waals surface area contributed by atoms with E-state index in [1.807, 2.05) is 0 Å². The number of hydrogen-bond donors (Lipinski definition) is 0. The first-order chi connectivity index (χ1) is 6.61. The molecule has 0 N–H and O–H groups in total. The van der Waals surface area contributed by atoms with Crippen LogP contribution in [0.3, 0.4) is 0 Å². The van der Waals surface area contributed by atoms with Crippen LogP contribution in [0.25, 0.3) is 0 Å². The molecule has 1 nitrogen and oxygen atoms in total. The largest absolute Gasteiger partial charge is 0.297 e. The van der Waals surface area contributed by atoms with Gasteiger partial charge in [-0.3, -0.25) is 4.90 Å². The topological polar surface area (TPSA) is 3.24 Å². The number of rotatable bonds is 2. The van der Waals surface area contributed by atoms with Gasteiger partial charge in [-0.25, -0.2) is 0 Å². The van der Waals surface area contributed by atoms with Gasteiger partial charge < -0.3 is 0 Å². The van der Waals surface area contributed by atoms with Crippen LogP contribution in [0.2, 0.25) is 0 Å². The highest BCUT2D eigenvalue weighted by Crippen LogP contribution is 2.29. The minimum absolute atomic E-state index is 0.574. The molecular formula is C13H23N. The Balaban J connectivity index is 3.01. The van der Waals surface area contributed by atoms with Crippen molar-refractivity contribution in [3.63, 3.8) is 0 Å². The Kier molecular flexibility index (Phi) is 3.94. The second-order valence-electron chi connectivity index (χ2n) is 4.31. The van der Waals surface area contributed by atoms with Gasteiger partial charge in [-0.2, -0.15) is 0 Å². The second-order valence-corrected chi connectivity index (χ2v) is 4.31. The van der Waals surface area contributed by atoms with Crippen LogP contribution >= 0.6 is 0 Å². The number of hydrogen-bond acceptors (Lipinski definition) is 1. The van der Waals surface area contributed by atoms with Crippen molar-refractivity contribution >= 4 is 0 Å². The molecule has 0 spiro atoms. The molecule has 0 aromatic rings. The van der Waals surface area contributed by atoms with Crippen LogP contribution < -0.4 is 0 Å². The van der Waals surface area contributed by atoms with Crippen molar-refractivity contribution in [2.75, 3.05) is 7.05 Å². The van der Waals surface area contributed by atoms with Gasteiger partial charge >= 0.3 is 0 Å². The van der Waals surface area contributed by atoms with Gasteiger partial charge in [-0.15, -0.1) is 0 Å². The summed E-state index contributed by atoms with van der Waals surface area (Å²) in [5.74, 6) is 0. The maximum Gasteiger partial charge on any atom is 0.0319 e. The van der Waals surface area contributed by atoms with Crippen molar-refractivity contribution < 1.29 is 0 Å². The zero-order valence-corrected chi connectivity index (χ0v) is 10.2. The fourth-order valence-electron chi connectivity index (χ4n) is 2.30. The zero-order chi connectivity index (χ0) is 10.7. The lowest BCUT2D eigenvalue weighted by molar-refractivity contribution is 0.202. The minimum atomic E-state index is 0.574. The first kappa shape index (κ1) is 11.5. The average Bonchev–Trinajstić information content (AvgIpc) is 2.19. The van der Waals surface area contributed by atoms with Crippen molar-refractivity contribution in [3.8, 4) is 0 Å². The van der Waals surface area contributed by atoms with Crippen LogP contribution in [0.4, 0.5) is 0 Å². The van der Waals surface area contributed by atoms with Gasteiger partial charge in [-0.1, -0.05) is 24.6 Å². The molecule has 0 fully saturated rings. The summed E-state index contributed by atoms with van der Waals surface area (Å²) in [5, 5.41) is 0. The molecule has 1 heteroatoms. The summed E-state index contributed by atoms with van der Waals surface area (Å²) in [5.41, 5.74) is 3.18. The summed E-state index contributed by atoms with van der Waals surface area (Å²) in [4.78, 5) is 2.47. The molecule has 1 aliphatic rings. The summed E-state index contributed by atoms with van der Waals surface area (Å²) in [6, 6.07) is 1.26. The normalized spacial score (nSPS) is 30.4. The lowest BCUT2D eigenvalue weighted by atomic mass is 9.88. The molecular weight excluding hydrogens is 170 g/mol. The predicted octanol–water partition coefficient (Wildman–Crippen LogP) is 3.38. The Hall–Kier alpha value is -0.560. The summed E-state index contributed by atoms with van der Waals surface area (Å²) in [6.07, 6.45) is 6.87. The molecule has 2 unspecified atom stereocenters. The SMILES string of the molecule is C/C=C\C1=C(CC)CC(C)N(C)C1C. The molecule has 1 heterocycles. The lowest BCUT2D eigenvalue weighted by Gasteiger charge is -2.38. The van der Waals surface area contributed by atoms with E-state index in [2.05, 4.69) is 51.8 Å². The molecule has 0 saturated carbocycles. The fourth-order valence-corrected chi connectivity index (χ4v) is 2.30. The Morgan fingerprint density at radius 1 is 1.43 bits per heavy atom. The van der Waals surface area contributed by atoms with E-state index in [4.69, 9.17) is 0 Å². The van der Waals surface area contributed by atoms with Gasteiger partial charge in [-0.05, 0) is 46.2 Å². The molecule has 0 amide bonds. The molecule has 0 aromatic heterocycles. The Morgan fingerprint density at radius 3 is 2.57 bits per heavy atom. The molecule has 0 aliphatic carbocycles. The van der Waals surface area contributed by atoms with Crippen molar-refractivity contribution in [1.82, 2.24) is 4.90 Å². The Bertz CT molecular complexity index is 250. The van der Waals surface area contributed by atoms with Gasteiger partial charge in [0.2, 0.25) is 0 Å². The van der Waals surface area contributed by atoms with Gasteiger partial charge in [0.1, 0.15) is 0 Å². The minimum Gasteiger partial charge on any atom is -0.297 e. The summed E-state index contributed by atoms with van der Waals surface area (Å²) >= 11 is 0. The smallest absolute Gasteiger partial charge is 0.0319 e. The summed E-state index contributed by atoms with van der Waals surface area (Å²) in [6.45, 7) is 8.99. The second kappa shape index (κ2) is 4.79. The highest BCUT2D eigenvalue weighted by molar-refractivity contribution is 5.33. The van der Waals surface area contributed by atoms with E-state index < -0.39 is 0 Å². The summed E-state index contributed by atoms with van der Waals surface area (Å²) < 4.78 is 0. The number of likely N-dealkylation sites (N-methyl/N-ethyl adjacent to an activating group) is 1. The van der Waals surface area contributed by atoms with Gasteiger partial charge in [0, 0.05) is 12.1 Å². The molecule has 80 valence electrons. The maximum atomic E-state index is 2.47. The van der Waals surface area contributed by atoms with Crippen LogP contribution in [-0.4, -0.2) is 24.0 Å². The number of nitrogens with zero attached hydrogens (tertiary/aromatic N) is 1. The van der Waals surface area contributed by atoms with E-state index in [9.17, 15) is 0 Å². The zero-order valence-electron chi connectivity index (χ0n) is 10.2. The first-order valence-electron chi connectivity index (χ1n) is 5.68. The molecule has 1 rings (SSSR count). The van der Waals surface area contributed by atoms with Gasteiger partial charge in [0.15, 0.2) is 0 Å². The van der Waals surface area contributed by atoms with E-state index in [1.165, 1.54) is 18.4 Å². The number of allylic oxidation sites excluding steroid dienone is 1. The quantitative estimate of drug-likeness (QED) is 0.650. The molecule has 14 heavy (non-hydrogen) atoms. The van der Waals surface area contributed by atoms with Crippen molar-refractivity contribution in [2.24, 2.45) is 0 Å². The highest BCUT2D eigenvalue weighted by Gasteiger charge is 2.25. The molecule has 0 aromatic carbocycles. The van der Waals surface area contributed by atoms with Crippen LogP contribution in [0, 0.1) is 0 Å². The Morgan fingerprint density at radius 2 is 2.07 bits per heavy atom. The molecule has 1 aliphatic heterocycles. The standard InChI is InChI=1S/C13H23N/c1-6-8-13-11(4)14(5)10(3)9-12(13)7-2/h6,8,10-11H,7,9H2,1-5H3/b8-6-. The molecule has 0 bridgehead atoms. The summed E-state index contributed by atoms with van der Waals surface area (Å²) in [7, 11) is 2.23. The maximum absolute atomic E-state index is 2.47. The van der Waals surface area contributed by atoms with Crippen molar-refractivity contribution in [3.05, 3.63) is 23.3 Å². The van der Waals surface area contributed by atoms with Crippen molar-refractivity contribution in [2.45, 2.75) is 52.6 Å². The van der Waals surface area contributed by atoms with E-state index in [0.29, 0.717) is 12.1 Å². The van der Waals surface area contributed by atoms with Crippen LogP contribution in [0.15, 0.2) is 23.3 Å². The third-order valence-electron chi connectivity index (χ3n) is 3.48. The lowest BCUT2D eigenvalue weighted by Crippen LogP contribution is -2.41. The highest BCUT2D eigenvalue weighted by atomic mass is 15.2. The van der Waals surface area contributed by atoms with Crippen LogP contribution in [0.1, 0.15) is 40.5 Å². The van der Waals surface area contributed by atoms with E-state index >= 15 is 0 Å². The molecule has 0 saturated heterocycles. The van der Waals surface area contributed by atoms with E-state index in [-0.39, 0.29) is 0 Å². The average molecular weight is 193 g/mol. The van der Waals surface area contributed by atoms with Crippen LogP contribution in [0.5, 0.6) is 0 Å². The molecule has 0 radical (unpaired) electrons. The van der Waals surface area contributed by atoms with Gasteiger partial charge in [0.25, 0.3) is 0 Å². The predicted molar refractivity (Wildman–Crippen MR) is 63.4 cm³/mol. The third kappa shape index (κ3) is 2.09. The fraction of sp³-hybridized carbons (Fsp3) is 0.692. The third-order valence-corrected chi connectivity index (χ3v) is 3.48.